The van der Waals surface area contributed by atoms with Crippen LogP contribution in [-0.2, 0) is 10.0 Å². The average Bonchev–Trinajstić information content (AvgIpc) is 2.80. The van der Waals surface area contributed by atoms with Crippen LogP contribution < -0.4 is 9.46 Å². The first-order chi connectivity index (χ1) is 15.7. The van der Waals surface area contributed by atoms with Gasteiger partial charge in [-0.25, -0.2) is 17.5 Å². The number of carbonyl (C=O) groups excluding carboxylic acids is 1. The van der Waals surface area contributed by atoms with E-state index in [4.69, 9.17) is 4.74 Å². The number of nitrogens with zero attached hydrogens (tertiary/aromatic N) is 1. The van der Waals surface area contributed by atoms with Gasteiger partial charge in [0.2, 0.25) is 10.0 Å². The van der Waals surface area contributed by atoms with Crippen LogP contribution in [0.5, 0.6) is 5.75 Å². The lowest BCUT2D eigenvalue weighted by Gasteiger charge is -2.13. The van der Waals surface area contributed by atoms with Crippen LogP contribution in [0.3, 0.4) is 0 Å². The minimum absolute atomic E-state index is 0.0364. The number of aryl methyl sites for hydroxylation is 1. The van der Waals surface area contributed by atoms with Gasteiger partial charge in [0.05, 0.1) is 17.0 Å². The van der Waals surface area contributed by atoms with E-state index in [1.54, 1.807) is 31.2 Å². The number of likely N-dealkylation sites (N-methyl/N-ethyl adjacent to an activating group) is 1. The minimum atomic E-state index is -3.88. The molecule has 0 aromatic heterocycles. The number of carbonyl (C=O) groups is 1. The molecule has 0 saturated heterocycles. The minimum Gasteiger partial charge on any atom is -0.492 e. The highest BCUT2D eigenvalue weighted by Crippen LogP contribution is 2.28. The summed E-state index contributed by atoms with van der Waals surface area (Å²) < 4.78 is 47.6. The van der Waals surface area contributed by atoms with E-state index in [9.17, 15) is 17.6 Å². The number of Topliss-reactive ketones (excluding diaryl/α,β-unsaturated/α-hetero) is 1. The third-order valence-corrected chi connectivity index (χ3v) is 6.42. The van der Waals surface area contributed by atoms with Gasteiger partial charge in [0.15, 0.2) is 5.78 Å². The monoisotopic (exact) mass is 470 g/mol. The van der Waals surface area contributed by atoms with E-state index < -0.39 is 28.2 Å². The van der Waals surface area contributed by atoms with E-state index in [0.717, 1.165) is 12.1 Å². The molecule has 0 heterocycles. The Morgan fingerprint density at radius 2 is 1.73 bits per heavy atom. The van der Waals surface area contributed by atoms with Gasteiger partial charge in [0.25, 0.3) is 0 Å². The van der Waals surface area contributed by atoms with E-state index >= 15 is 0 Å². The first kappa shape index (κ1) is 24.6. The van der Waals surface area contributed by atoms with Crippen molar-refractivity contribution in [3.8, 4) is 16.9 Å². The van der Waals surface area contributed by atoms with Crippen molar-refractivity contribution in [2.24, 2.45) is 0 Å². The number of ether oxygens (including phenoxy) is 1. The SMILES string of the molecule is Cc1cc(-c2cccc(OCCN(C)C)c2)cc(C(=O)CNS(=O)(=O)c2ccccc2)c1F. The number of benzene rings is 3. The maximum atomic E-state index is 14.8. The van der Waals surface area contributed by atoms with E-state index in [-0.39, 0.29) is 10.5 Å². The molecule has 0 aliphatic carbocycles. The lowest BCUT2D eigenvalue weighted by Crippen LogP contribution is -2.30. The quantitative estimate of drug-likeness (QED) is 0.455. The van der Waals surface area contributed by atoms with E-state index in [2.05, 4.69) is 4.72 Å². The molecule has 0 saturated carbocycles. The number of halogens is 1. The summed E-state index contributed by atoms with van der Waals surface area (Å²) in [6, 6.07) is 18.1. The molecule has 0 aliphatic heterocycles. The highest BCUT2D eigenvalue weighted by Gasteiger charge is 2.20. The summed E-state index contributed by atoms with van der Waals surface area (Å²) in [5.74, 6) is -0.656. The predicted octanol–water partition coefficient (Wildman–Crippen LogP) is 3.90. The predicted molar refractivity (Wildman–Crippen MR) is 127 cm³/mol. The summed E-state index contributed by atoms with van der Waals surface area (Å²) >= 11 is 0. The number of sulfonamides is 1. The fourth-order valence-electron chi connectivity index (χ4n) is 3.19. The Balaban J connectivity index is 1.81. The van der Waals surface area contributed by atoms with Crippen molar-refractivity contribution in [2.75, 3.05) is 33.8 Å². The van der Waals surface area contributed by atoms with Gasteiger partial charge in [-0.3, -0.25) is 4.79 Å². The fraction of sp³-hybridized carbons (Fsp3) is 0.240. The third kappa shape index (κ3) is 6.47. The molecule has 3 rings (SSSR count). The van der Waals surface area contributed by atoms with Crippen LogP contribution in [0.4, 0.5) is 4.39 Å². The van der Waals surface area contributed by atoms with Crippen molar-refractivity contribution in [1.82, 2.24) is 9.62 Å². The zero-order chi connectivity index (χ0) is 24.0. The molecule has 3 aromatic carbocycles. The zero-order valence-electron chi connectivity index (χ0n) is 18.8. The van der Waals surface area contributed by atoms with Crippen LogP contribution in [-0.4, -0.2) is 52.9 Å². The third-order valence-electron chi connectivity index (χ3n) is 5.01. The normalized spacial score (nSPS) is 11.5. The number of hydrogen-bond acceptors (Lipinski definition) is 5. The molecule has 6 nitrogen and oxygen atoms in total. The van der Waals surface area contributed by atoms with Crippen molar-refractivity contribution < 1.29 is 22.3 Å². The van der Waals surface area contributed by atoms with Gasteiger partial charge in [-0.2, -0.15) is 0 Å². The second kappa shape index (κ2) is 10.7. The summed E-state index contributed by atoms with van der Waals surface area (Å²) in [4.78, 5) is 14.8. The number of rotatable bonds is 10. The molecule has 1 N–H and O–H groups in total. The van der Waals surface area contributed by atoms with E-state index in [1.165, 1.54) is 18.2 Å². The molecule has 0 aliphatic rings. The summed E-state index contributed by atoms with van der Waals surface area (Å²) in [7, 11) is 0.0332. The Morgan fingerprint density at radius 1 is 1.00 bits per heavy atom. The van der Waals surface area contributed by atoms with Crippen LogP contribution in [0.2, 0.25) is 0 Å². The molecule has 3 aromatic rings. The van der Waals surface area contributed by atoms with Crippen molar-refractivity contribution in [3.63, 3.8) is 0 Å². The van der Waals surface area contributed by atoms with E-state index in [1.807, 2.05) is 43.3 Å². The Labute approximate surface area is 194 Å². The number of nitrogens with one attached hydrogen (secondary N) is 1. The smallest absolute Gasteiger partial charge is 0.240 e. The Kier molecular flexibility index (Phi) is 7.97. The van der Waals surface area contributed by atoms with Gasteiger partial charge in [-0.15, -0.1) is 0 Å². The maximum Gasteiger partial charge on any atom is 0.240 e. The standard InChI is InChI=1S/C25H27FN2O4S/c1-18-14-20(19-8-7-9-21(15-19)32-13-12-28(2)3)16-23(25(18)26)24(29)17-27-33(30,31)22-10-5-4-6-11-22/h4-11,14-16,27H,12-13,17H2,1-3H3. The van der Waals surface area contributed by atoms with Gasteiger partial charge in [-0.1, -0.05) is 30.3 Å². The molecule has 0 unspecified atom stereocenters. The lowest BCUT2D eigenvalue weighted by molar-refractivity contribution is 0.0993. The lowest BCUT2D eigenvalue weighted by atomic mass is 9.97. The summed E-state index contributed by atoms with van der Waals surface area (Å²) in [5.41, 5.74) is 1.53. The summed E-state index contributed by atoms with van der Waals surface area (Å²) in [6.07, 6.45) is 0. The molecule has 0 bridgehead atoms. The van der Waals surface area contributed by atoms with Gasteiger partial charge < -0.3 is 9.64 Å². The van der Waals surface area contributed by atoms with Gasteiger partial charge in [-0.05, 0) is 74.1 Å². The van der Waals surface area contributed by atoms with Crippen molar-refractivity contribution in [2.45, 2.75) is 11.8 Å². The van der Waals surface area contributed by atoms with Crippen LogP contribution in [0.1, 0.15) is 15.9 Å². The molecule has 0 atom stereocenters. The van der Waals surface area contributed by atoms with Gasteiger partial charge in [0.1, 0.15) is 18.2 Å². The van der Waals surface area contributed by atoms with Crippen molar-refractivity contribution >= 4 is 15.8 Å². The molecule has 0 spiro atoms. The maximum absolute atomic E-state index is 14.8. The van der Waals surface area contributed by atoms with Crippen molar-refractivity contribution in [3.05, 3.63) is 83.7 Å². The Hall–Kier alpha value is -3.07. The molecular formula is C25H27FN2O4S. The van der Waals surface area contributed by atoms with Gasteiger partial charge >= 0.3 is 0 Å². The molecule has 0 radical (unpaired) electrons. The number of ketones is 1. The number of hydrogen-bond donors (Lipinski definition) is 1. The van der Waals surface area contributed by atoms with Crippen LogP contribution in [0, 0.1) is 12.7 Å². The molecule has 0 fully saturated rings. The fourth-order valence-corrected chi connectivity index (χ4v) is 4.19. The highest BCUT2D eigenvalue weighted by molar-refractivity contribution is 7.89. The van der Waals surface area contributed by atoms with Gasteiger partial charge in [0, 0.05) is 6.54 Å². The Morgan fingerprint density at radius 3 is 2.42 bits per heavy atom. The van der Waals surface area contributed by atoms with Crippen LogP contribution in [0.25, 0.3) is 11.1 Å². The molecule has 33 heavy (non-hydrogen) atoms. The second-order valence-electron chi connectivity index (χ2n) is 7.90. The first-order valence-electron chi connectivity index (χ1n) is 10.4. The van der Waals surface area contributed by atoms with Crippen LogP contribution >= 0.6 is 0 Å². The average molecular weight is 471 g/mol. The highest BCUT2D eigenvalue weighted by atomic mass is 32.2. The second-order valence-corrected chi connectivity index (χ2v) is 9.66. The summed E-state index contributed by atoms with van der Waals surface area (Å²) in [6.45, 7) is 2.30. The molecule has 174 valence electrons. The van der Waals surface area contributed by atoms with Crippen LogP contribution in [0.15, 0.2) is 71.6 Å². The topological polar surface area (TPSA) is 75.7 Å². The summed E-state index contributed by atoms with van der Waals surface area (Å²) in [5, 5.41) is 0. The Bertz CT molecular complexity index is 1230. The molecule has 0 amide bonds. The molecular weight excluding hydrogens is 443 g/mol. The van der Waals surface area contributed by atoms with Crippen molar-refractivity contribution in [1.29, 1.82) is 0 Å². The zero-order valence-corrected chi connectivity index (χ0v) is 19.7. The van der Waals surface area contributed by atoms with E-state index in [0.29, 0.717) is 23.5 Å². The first-order valence-corrected chi connectivity index (χ1v) is 11.9. The largest absolute Gasteiger partial charge is 0.492 e. The molecule has 8 heteroatoms.